The molecule has 2 aromatic carbocycles. The number of nitro groups is 1. The molecule has 0 atom stereocenters. The molecule has 0 spiro atoms. The molecular formula is C18H17N3O3S. The van der Waals surface area contributed by atoms with Crippen LogP contribution in [0.2, 0.25) is 0 Å². The molecule has 7 heteroatoms. The SMILES string of the molecule is Cc1ccc(C=CC(=O)NC(=S)Nc2ccc([N+](=O)[O-])cc2C)cc1. The third-order valence-corrected chi connectivity index (χ3v) is 3.61. The van der Waals surface area contributed by atoms with E-state index in [0.29, 0.717) is 11.3 Å². The fourth-order valence-corrected chi connectivity index (χ4v) is 2.27. The highest BCUT2D eigenvalue weighted by Gasteiger charge is 2.09. The molecule has 0 aliphatic rings. The van der Waals surface area contributed by atoms with Crippen molar-refractivity contribution < 1.29 is 9.72 Å². The fraction of sp³-hybridized carbons (Fsp3) is 0.111. The molecule has 2 N–H and O–H groups in total. The Morgan fingerprint density at radius 2 is 1.84 bits per heavy atom. The van der Waals surface area contributed by atoms with Gasteiger partial charge in [0, 0.05) is 23.9 Å². The molecule has 2 rings (SSSR count). The third-order valence-electron chi connectivity index (χ3n) is 3.41. The van der Waals surface area contributed by atoms with Gasteiger partial charge in [-0.25, -0.2) is 0 Å². The van der Waals surface area contributed by atoms with Gasteiger partial charge in [0.25, 0.3) is 5.69 Å². The van der Waals surface area contributed by atoms with Gasteiger partial charge in [-0.15, -0.1) is 0 Å². The zero-order valence-corrected chi connectivity index (χ0v) is 14.6. The van der Waals surface area contributed by atoms with Gasteiger partial charge in [-0.2, -0.15) is 0 Å². The zero-order chi connectivity index (χ0) is 18.4. The standard InChI is InChI=1S/C18H17N3O3S/c1-12-3-5-14(6-4-12)7-10-17(22)20-18(25)19-16-9-8-15(21(23)24)11-13(16)2/h3-11H,1-2H3,(H2,19,20,22,25). The Balaban J connectivity index is 1.94. The second-order valence-electron chi connectivity index (χ2n) is 5.44. The lowest BCUT2D eigenvalue weighted by atomic mass is 10.1. The van der Waals surface area contributed by atoms with Crippen LogP contribution in [0.1, 0.15) is 16.7 Å². The molecule has 0 bridgehead atoms. The number of thiocarbonyl (C=S) groups is 1. The molecule has 2 aromatic rings. The van der Waals surface area contributed by atoms with E-state index in [1.165, 1.54) is 18.2 Å². The molecule has 0 saturated carbocycles. The van der Waals surface area contributed by atoms with Crippen molar-refractivity contribution in [1.82, 2.24) is 5.32 Å². The van der Waals surface area contributed by atoms with Crippen LogP contribution in [0.3, 0.4) is 0 Å². The van der Waals surface area contributed by atoms with E-state index < -0.39 is 4.92 Å². The minimum atomic E-state index is -0.466. The van der Waals surface area contributed by atoms with Crippen LogP contribution in [-0.2, 0) is 4.79 Å². The summed E-state index contributed by atoms with van der Waals surface area (Å²) in [6.07, 6.45) is 3.08. The Labute approximate surface area is 150 Å². The van der Waals surface area contributed by atoms with Crippen LogP contribution in [-0.4, -0.2) is 15.9 Å². The van der Waals surface area contributed by atoms with Crippen molar-refractivity contribution in [3.63, 3.8) is 0 Å². The summed E-state index contributed by atoms with van der Waals surface area (Å²) in [6.45, 7) is 3.71. The first-order valence-corrected chi connectivity index (χ1v) is 7.88. The number of amides is 1. The smallest absolute Gasteiger partial charge is 0.269 e. The lowest BCUT2D eigenvalue weighted by Crippen LogP contribution is -2.33. The van der Waals surface area contributed by atoms with Gasteiger partial charge in [0.1, 0.15) is 0 Å². The fourth-order valence-electron chi connectivity index (χ4n) is 2.06. The average Bonchev–Trinajstić information content (AvgIpc) is 2.56. The van der Waals surface area contributed by atoms with E-state index in [2.05, 4.69) is 10.6 Å². The van der Waals surface area contributed by atoms with Crippen LogP contribution < -0.4 is 10.6 Å². The number of carbonyl (C=O) groups is 1. The molecule has 0 aliphatic carbocycles. The van der Waals surface area contributed by atoms with Gasteiger partial charge in [-0.05, 0) is 49.3 Å². The van der Waals surface area contributed by atoms with Gasteiger partial charge in [-0.3, -0.25) is 20.2 Å². The van der Waals surface area contributed by atoms with E-state index in [9.17, 15) is 14.9 Å². The van der Waals surface area contributed by atoms with E-state index in [1.54, 1.807) is 19.1 Å². The van der Waals surface area contributed by atoms with E-state index in [1.807, 2.05) is 31.2 Å². The molecular weight excluding hydrogens is 338 g/mol. The molecule has 0 saturated heterocycles. The largest absolute Gasteiger partial charge is 0.332 e. The van der Waals surface area contributed by atoms with Crippen molar-refractivity contribution in [2.24, 2.45) is 0 Å². The maximum atomic E-state index is 11.9. The minimum Gasteiger partial charge on any atom is -0.332 e. The number of nitrogens with zero attached hydrogens (tertiary/aromatic N) is 1. The number of aryl methyl sites for hydroxylation is 2. The molecule has 0 heterocycles. The van der Waals surface area contributed by atoms with Crippen molar-refractivity contribution in [2.45, 2.75) is 13.8 Å². The molecule has 0 aliphatic heterocycles. The van der Waals surface area contributed by atoms with Crippen LogP contribution >= 0.6 is 12.2 Å². The van der Waals surface area contributed by atoms with Gasteiger partial charge in [0.2, 0.25) is 5.91 Å². The molecule has 1 amide bonds. The highest BCUT2D eigenvalue weighted by molar-refractivity contribution is 7.80. The average molecular weight is 355 g/mol. The number of nitrogens with one attached hydrogen (secondary N) is 2. The van der Waals surface area contributed by atoms with E-state index in [0.717, 1.165) is 11.1 Å². The number of rotatable bonds is 4. The summed E-state index contributed by atoms with van der Waals surface area (Å²) < 4.78 is 0. The first kappa shape index (κ1) is 18.3. The van der Waals surface area contributed by atoms with Crippen LogP contribution in [0.5, 0.6) is 0 Å². The lowest BCUT2D eigenvalue weighted by Gasteiger charge is -2.10. The minimum absolute atomic E-state index is 0.000893. The number of nitro benzene ring substituents is 1. The van der Waals surface area contributed by atoms with Crippen LogP contribution in [0.25, 0.3) is 6.08 Å². The molecule has 6 nitrogen and oxygen atoms in total. The van der Waals surface area contributed by atoms with Crippen molar-refractivity contribution in [2.75, 3.05) is 5.32 Å². The van der Waals surface area contributed by atoms with Gasteiger partial charge in [0.05, 0.1) is 4.92 Å². The van der Waals surface area contributed by atoms with Crippen molar-refractivity contribution in [1.29, 1.82) is 0 Å². The van der Waals surface area contributed by atoms with Gasteiger partial charge in [-0.1, -0.05) is 29.8 Å². The Kier molecular flexibility index (Phi) is 5.97. The van der Waals surface area contributed by atoms with Crippen molar-refractivity contribution in [3.05, 3.63) is 75.3 Å². The van der Waals surface area contributed by atoms with E-state index >= 15 is 0 Å². The number of carbonyl (C=O) groups excluding carboxylic acids is 1. The third kappa shape index (κ3) is 5.50. The normalized spacial score (nSPS) is 10.5. The number of benzene rings is 2. The Morgan fingerprint density at radius 1 is 1.16 bits per heavy atom. The molecule has 0 unspecified atom stereocenters. The Hall–Kier alpha value is -3.06. The molecule has 25 heavy (non-hydrogen) atoms. The van der Waals surface area contributed by atoms with Crippen molar-refractivity contribution >= 4 is 40.7 Å². The second kappa shape index (κ2) is 8.16. The monoisotopic (exact) mass is 355 g/mol. The Morgan fingerprint density at radius 3 is 2.44 bits per heavy atom. The topological polar surface area (TPSA) is 84.3 Å². The summed E-state index contributed by atoms with van der Waals surface area (Å²) in [6, 6.07) is 12.1. The summed E-state index contributed by atoms with van der Waals surface area (Å²) in [7, 11) is 0. The first-order chi connectivity index (χ1) is 11.8. The molecule has 0 fully saturated rings. The quantitative estimate of drug-likeness (QED) is 0.378. The molecule has 0 radical (unpaired) electrons. The maximum absolute atomic E-state index is 11.9. The van der Waals surface area contributed by atoms with Crippen LogP contribution in [0, 0.1) is 24.0 Å². The first-order valence-electron chi connectivity index (χ1n) is 7.47. The summed E-state index contributed by atoms with van der Waals surface area (Å²) >= 11 is 5.09. The summed E-state index contributed by atoms with van der Waals surface area (Å²) in [5.74, 6) is -0.363. The summed E-state index contributed by atoms with van der Waals surface area (Å²) in [4.78, 5) is 22.2. The molecule has 128 valence electrons. The van der Waals surface area contributed by atoms with E-state index in [-0.39, 0.29) is 16.7 Å². The summed E-state index contributed by atoms with van der Waals surface area (Å²) in [5, 5.41) is 16.2. The van der Waals surface area contributed by atoms with Crippen LogP contribution in [0.4, 0.5) is 11.4 Å². The van der Waals surface area contributed by atoms with Crippen molar-refractivity contribution in [3.8, 4) is 0 Å². The maximum Gasteiger partial charge on any atom is 0.269 e. The second-order valence-corrected chi connectivity index (χ2v) is 5.85. The predicted molar refractivity (Wildman–Crippen MR) is 102 cm³/mol. The Bertz CT molecular complexity index is 845. The van der Waals surface area contributed by atoms with Crippen LogP contribution in [0.15, 0.2) is 48.5 Å². The van der Waals surface area contributed by atoms with Gasteiger partial charge in [0.15, 0.2) is 5.11 Å². The molecule has 0 aromatic heterocycles. The van der Waals surface area contributed by atoms with Gasteiger partial charge < -0.3 is 5.32 Å². The lowest BCUT2D eigenvalue weighted by molar-refractivity contribution is -0.384. The number of anilines is 1. The highest BCUT2D eigenvalue weighted by atomic mass is 32.1. The van der Waals surface area contributed by atoms with E-state index in [4.69, 9.17) is 12.2 Å². The highest BCUT2D eigenvalue weighted by Crippen LogP contribution is 2.21. The zero-order valence-electron chi connectivity index (χ0n) is 13.8. The summed E-state index contributed by atoms with van der Waals surface area (Å²) in [5.41, 5.74) is 3.30. The number of non-ortho nitro benzene ring substituents is 1. The number of hydrogen-bond acceptors (Lipinski definition) is 4. The number of hydrogen-bond donors (Lipinski definition) is 2. The predicted octanol–water partition coefficient (Wildman–Crippen LogP) is 3.74. The van der Waals surface area contributed by atoms with Gasteiger partial charge >= 0.3 is 0 Å².